The summed E-state index contributed by atoms with van der Waals surface area (Å²) in [7, 11) is 1.44. The van der Waals surface area contributed by atoms with Gasteiger partial charge in [0.25, 0.3) is 0 Å². The summed E-state index contributed by atoms with van der Waals surface area (Å²) in [4.78, 5) is 27.2. The molecule has 1 saturated heterocycles. The number of likely N-dealkylation sites (tertiary alicyclic amines) is 1. The molecule has 3 atom stereocenters. The van der Waals surface area contributed by atoms with Crippen molar-refractivity contribution in [3.63, 3.8) is 0 Å². The standard InChI is InChI=1S/C20H28N2O3/c1-25-20(24)16-11-8-12-17(16)21-18(15-9-4-2-5-10-15)19(23)22-13-6-3-7-14-22/h2,4-5,9-10,16-18,21H,3,6-8,11-14H2,1H3/t16-,17-,18+/m1/s1. The molecular weight excluding hydrogens is 316 g/mol. The number of benzene rings is 1. The van der Waals surface area contributed by atoms with Crippen LogP contribution in [-0.4, -0.2) is 43.0 Å². The number of piperidine rings is 1. The number of methoxy groups -OCH3 is 1. The Morgan fingerprint density at radius 2 is 1.80 bits per heavy atom. The van der Waals surface area contributed by atoms with Crippen LogP contribution in [0.2, 0.25) is 0 Å². The second-order valence-electron chi connectivity index (χ2n) is 7.06. The van der Waals surface area contributed by atoms with E-state index in [9.17, 15) is 9.59 Å². The van der Waals surface area contributed by atoms with Gasteiger partial charge in [0.2, 0.25) is 5.91 Å². The molecule has 5 nitrogen and oxygen atoms in total. The summed E-state index contributed by atoms with van der Waals surface area (Å²) in [6, 6.07) is 9.45. The van der Waals surface area contributed by atoms with Crippen LogP contribution in [0.25, 0.3) is 0 Å². The fourth-order valence-corrected chi connectivity index (χ4v) is 4.06. The van der Waals surface area contributed by atoms with Gasteiger partial charge >= 0.3 is 5.97 Å². The third kappa shape index (κ3) is 4.21. The zero-order chi connectivity index (χ0) is 17.6. The molecular formula is C20H28N2O3. The minimum Gasteiger partial charge on any atom is -0.469 e. The lowest BCUT2D eigenvalue weighted by Crippen LogP contribution is -2.47. The summed E-state index contributed by atoms with van der Waals surface area (Å²) in [5, 5.41) is 3.50. The van der Waals surface area contributed by atoms with Gasteiger partial charge in [-0.2, -0.15) is 0 Å². The molecule has 2 aliphatic rings. The molecule has 1 saturated carbocycles. The van der Waals surface area contributed by atoms with Crippen LogP contribution in [0.1, 0.15) is 50.1 Å². The second kappa shape index (κ2) is 8.48. The molecule has 1 aliphatic heterocycles. The summed E-state index contributed by atoms with van der Waals surface area (Å²) < 4.78 is 4.95. The third-order valence-electron chi connectivity index (χ3n) is 5.45. The van der Waals surface area contributed by atoms with Crippen LogP contribution < -0.4 is 5.32 Å². The van der Waals surface area contributed by atoms with Crippen LogP contribution in [0.3, 0.4) is 0 Å². The van der Waals surface area contributed by atoms with Gasteiger partial charge in [0.15, 0.2) is 0 Å². The molecule has 1 aromatic carbocycles. The number of nitrogens with one attached hydrogen (secondary N) is 1. The molecule has 0 unspecified atom stereocenters. The number of hydrogen-bond acceptors (Lipinski definition) is 4. The van der Waals surface area contributed by atoms with E-state index in [0.29, 0.717) is 0 Å². The Bertz CT molecular complexity index is 584. The van der Waals surface area contributed by atoms with Gasteiger partial charge in [-0.05, 0) is 37.7 Å². The van der Waals surface area contributed by atoms with Crippen LogP contribution in [0.15, 0.2) is 30.3 Å². The van der Waals surface area contributed by atoms with Crippen molar-refractivity contribution in [3.05, 3.63) is 35.9 Å². The maximum absolute atomic E-state index is 13.2. The van der Waals surface area contributed by atoms with Crippen LogP contribution in [0.4, 0.5) is 0 Å². The van der Waals surface area contributed by atoms with E-state index in [0.717, 1.165) is 50.8 Å². The molecule has 25 heavy (non-hydrogen) atoms. The number of amides is 1. The highest BCUT2D eigenvalue weighted by atomic mass is 16.5. The van der Waals surface area contributed by atoms with Gasteiger partial charge < -0.3 is 9.64 Å². The third-order valence-corrected chi connectivity index (χ3v) is 5.45. The lowest BCUT2D eigenvalue weighted by molar-refractivity contribution is -0.146. The molecule has 1 aromatic rings. The number of esters is 1. The first-order chi connectivity index (χ1) is 12.2. The number of hydrogen-bond donors (Lipinski definition) is 1. The smallest absolute Gasteiger partial charge is 0.310 e. The highest BCUT2D eigenvalue weighted by Crippen LogP contribution is 2.30. The Morgan fingerprint density at radius 1 is 1.08 bits per heavy atom. The monoisotopic (exact) mass is 344 g/mol. The van der Waals surface area contributed by atoms with Gasteiger partial charge in [-0.3, -0.25) is 14.9 Å². The SMILES string of the molecule is COC(=O)[C@@H]1CCC[C@H]1N[C@H](C(=O)N1CCCCC1)c1ccccc1. The topological polar surface area (TPSA) is 58.6 Å². The number of carbonyl (C=O) groups excluding carboxylic acids is 2. The number of ether oxygens (including phenoxy) is 1. The molecule has 0 bridgehead atoms. The fraction of sp³-hybridized carbons (Fsp3) is 0.600. The predicted octanol–water partition coefficient (Wildman–Crippen LogP) is 2.67. The normalized spacial score (nSPS) is 24.8. The Kier molecular flexibility index (Phi) is 6.08. The first-order valence-corrected chi connectivity index (χ1v) is 9.38. The Hall–Kier alpha value is -1.88. The van der Waals surface area contributed by atoms with Crippen molar-refractivity contribution in [1.82, 2.24) is 10.2 Å². The first kappa shape index (κ1) is 17.9. The van der Waals surface area contributed by atoms with Gasteiger partial charge in [-0.15, -0.1) is 0 Å². The number of nitrogens with zero attached hydrogens (tertiary/aromatic N) is 1. The van der Waals surface area contributed by atoms with Crippen LogP contribution >= 0.6 is 0 Å². The van der Waals surface area contributed by atoms with Crippen LogP contribution in [0.5, 0.6) is 0 Å². The van der Waals surface area contributed by atoms with Crippen molar-refractivity contribution < 1.29 is 14.3 Å². The van der Waals surface area contributed by atoms with E-state index in [1.807, 2.05) is 35.2 Å². The van der Waals surface area contributed by atoms with E-state index in [2.05, 4.69) is 5.32 Å². The van der Waals surface area contributed by atoms with Crippen LogP contribution in [-0.2, 0) is 14.3 Å². The molecule has 5 heteroatoms. The lowest BCUT2D eigenvalue weighted by atomic mass is 9.98. The summed E-state index contributed by atoms with van der Waals surface area (Å²) in [6.07, 6.45) is 6.04. The Labute approximate surface area is 149 Å². The maximum Gasteiger partial charge on any atom is 0.310 e. The largest absolute Gasteiger partial charge is 0.469 e. The summed E-state index contributed by atoms with van der Waals surface area (Å²) >= 11 is 0. The number of carbonyl (C=O) groups is 2. The van der Waals surface area contributed by atoms with Gasteiger partial charge in [0, 0.05) is 19.1 Å². The molecule has 3 rings (SSSR count). The number of rotatable bonds is 5. The molecule has 1 amide bonds. The molecule has 1 N–H and O–H groups in total. The summed E-state index contributed by atoms with van der Waals surface area (Å²) in [5.41, 5.74) is 0.966. The van der Waals surface area contributed by atoms with Crippen molar-refractivity contribution >= 4 is 11.9 Å². The average Bonchev–Trinajstić information content (AvgIpc) is 3.14. The van der Waals surface area contributed by atoms with E-state index < -0.39 is 6.04 Å². The minimum absolute atomic E-state index is 0.00797. The molecule has 1 heterocycles. The Balaban J connectivity index is 1.79. The zero-order valence-corrected chi connectivity index (χ0v) is 14.9. The summed E-state index contributed by atoms with van der Waals surface area (Å²) in [5.74, 6) is -0.209. The van der Waals surface area contributed by atoms with E-state index in [1.165, 1.54) is 13.5 Å². The van der Waals surface area contributed by atoms with Crippen molar-refractivity contribution in [2.24, 2.45) is 5.92 Å². The summed E-state index contributed by atoms with van der Waals surface area (Å²) in [6.45, 7) is 1.66. The molecule has 0 aromatic heterocycles. The quantitative estimate of drug-likeness (QED) is 0.835. The Morgan fingerprint density at radius 3 is 2.48 bits per heavy atom. The highest BCUT2D eigenvalue weighted by Gasteiger charge is 2.37. The van der Waals surface area contributed by atoms with Crippen molar-refractivity contribution in [1.29, 1.82) is 0 Å². The predicted molar refractivity (Wildman–Crippen MR) is 95.9 cm³/mol. The van der Waals surface area contributed by atoms with E-state index in [-0.39, 0.29) is 23.8 Å². The molecule has 1 aliphatic carbocycles. The van der Waals surface area contributed by atoms with Gasteiger partial charge in [0.05, 0.1) is 13.0 Å². The van der Waals surface area contributed by atoms with E-state index in [4.69, 9.17) is 4.74 Å². The first-order valence-electron chi connectivity index (χ1n) is 9.38. The lowest BCUT2D eigenvalue weighted by Gasteiger charge is -2.33. The van der Waals surface area contributed by atoms with Gasteiger partial charge in [-0.1, -0.05) is 36.8 Å². The highest BCUT2D eigenvalue weighted by molar-refractivity contribution is 5.83. The van der Waals surface area contributed by atoms with E-state index in [1.54, 1.807) is 0 Å². The van der Waals surface area contributed by atoms with Crippen molar-refractivity contribution in [2.75, 3.05) is 20.2 Å². The molecule has 136 valence electrons. The average molecular weight is 344 g/mol. The van der Waals surface area contributed by atoms with Crippen LogP contribution in [0, 0.1) is 5.92 Å². The second-order valence-corrected chi connectivity index (χ2v) is 7.06. The molecule has 2 fully saturated rings. The minimum atomic E-state index is -0.394. The van der Waals surface area contributed by atoms with Gasteiger partial charge in [0.1, 0.15) is 6.04 Å². The van der Waals surface area contributed by atoms with Crippen molar-refractivity contribution in [2.45, 2.75) is 50.6 Å². The molecule has 0 radical (unpaired) electrons. The maximum atomic E-state index is 13.2. The molecule has 0 spiro atoms. The van der Waals surface area contributed by atoms with E-state index >= 15 is 0 Å². The van der Waals surface area contributed by atoms with Crippen molar-refractivity contribution in [3.8, 4) is 0 Å². The van der Waals surface area contributed by atoms with Gasteiger partial charge in [-0.25, -0.2) is 0 Å². The zero-order valence-electron chi connectivity index (χ0n) is 14.9. The fourth-order valence-electron chi connectivity index (χ4n) is 4.06.